The summed E-state index contributed by atoms with van der Waals surface area (Å²) in [5, 5.41) is 17.1. The lowest BCUT2D eigenvalue weighted by Crippen LogP contribution is -2.20. The summed E-state index contributed by atoms with van der Waals surface area (Å²) in [6.45, 7) is 2.71. The van der Waals surface area contributed by atoms with Gasteiger partial charge < -0.3 is 5.11 Å². The second-order valence-electron chi connectivity index (χ2n) is 4.12. The summed E-state index contributed by atoms with van der Waals surface area (Å²) >= 11 is 1.52. The number of hydrogen-bond donors (Lipinski definition) is 2. The van der Waals surface area contributed by atoms with Crippen molar-refractivity contribution >= 4 is 11.8 Å². The summed E-state index contributed by atoms with van der Waals surface area (Å²) in [6, 6.07) is 0. The van der Waals surface area contributed by atoms with E-state index in [1.54, 1.807) is 4.57 Å². The Balaban J connectivity index is 2.11. The van der Waals surface area contributed by atoms with Crippen LogP contribution in [0.25, 0.3) is 0 Å². The van der Waals surface area contributed by atoms with Crippen molar-refractivity contribution in [3.63, 3.8) is 0 Å². The number of aromatic amines is 1. The van der Waals surface area contributed by atoms with Gasteiger partial charge in [-0.05, 0) is 25.7 Å². The molecule has 0 saturated heterocycles. The molecule has 0 amide bonds. The van der Waals surface area contributed by atoms with Crippen molar-refractivity contribution in [2.24, 2.45) is 0 Å². The van der Waals surface area contributed by atoms with Crippen molar-refractivity contribution < 1.29 is 5.11 Å². The first-order chi connectivity index (χ1) is 7.72. The molecule has 0 spiro atoms. The van der Waals surface area contributed by atoms with Gasteiger partial charge in [-0.15, -0.1) is 5.10 Å². The molecule has 0 bridgehead atoms. The van der Waals surface area contributed by atoms with Gasteiger partial charge in [0.25, 0.3) is 0 Å². The van der Waals surface area contributed by atoms with Gasteiger partial charge in [0.15, 0.2) is 5.16 Å². The molecule has 1 aliphatic rings. The van der Waals surface area contributed by atoms with Crippen LogP contribution in [0.5, 0.6) is 0 Å². The Labute approximate surface area is 98.3 Å². The topological polar surface area (TPSA) is 70.9 Å². The molecule has 90 valence electrons. The molecule has 2 atom stereocenters. The molecular weight excluding hydrogens is 226 g/mol. The zero-order chi connectivity index (χ0) is 11.5. The third-order valence-corrected chi connectivity index (χ3v) is 4.22. The van der Waals surface area contributed by atoms with Gasteiger partial charge in [-0.25, -0.2) is 9.89 Å². The minimum Gasteiger partial charge on any atom is -0.392 e. The smallest absolute Gasteiger partial charge is 0.343 e. The van der Waals surface area contributed by atoms with Crippen LogP contribution in [-0.4, -0.2) is 31.2 Å². The van der Waals surface area contributed by atoms with E-state index in [0.717, 1.165) is 25.7 Å². The zero-order valence-electron chi connectivity index (χ0n) is 9.35. The summed E-state index contributed by atoms with van der Waals surface area (Å²) in [7, 11) is 0. The van der Waals surface area contributed by atoms with E-state index in [4.69, 9.17) is 0 Å². The van der Waals surface area contributed by atoms with Crippen LogP contribution in [0.1, 0.15) is 32.6 Å². The van der Waals surface area contributed by atoms with Gasteiger partial charge >= 0.3 is 5.69 Å². The van der Waals surface area contributed by atoms with Crippen molar-refractivity contribution in [1.29, 1.82) is 0 Å². The third-order valence-electron chi connectivity index (χ3n) is 2.84. The second kappa shape index (κ2) is 5.05. The molecule has 5 nitrogen and oxygen atoms in total. The van der Waals surface area contributed by atoms with E-state index in [1.807, 2.05) is 6.92 Å². The number of aromatic nitrogens is 3. The molecule has 1 fully saturated rings. The van der Waals surface area contributed by atoms with Crippen LogP contribution in [-0.2, 0) is 6.54 Å². The highest BCUT2D eigenvalue weighted by molar-refractivity contribution is 7.99. The molecule has 2 N–H and O–H groups in total. The number of thioether (sulfide) groups is 1. The quantitative estimate of drug-likeness (QED) is 0.827. The predicted molar refractivity (Wildman–Crippen MR) is 62.6 cm³/mol. The van der Waals surface area contributed by atoms with Gasteiger partial charge in [0.2, 0.25) is 0 Å². The fourth-order valence-electron chi connectivity index (χ4n) is 1.99. The molecule has 1 aromatic rings. The van der Waals surface area contributed by atoms with Gasteiger partial charge in [-0.1, -0.05) is 18.7 Å². The highest BCUT2D eigenvalue weighted by Gasteiger charge is 2.27. The first-order valence-electron chi connectivity index (χ1n) is 5.72. The average Bonchev–Trinajstić information content (AvgIpc) is 2.80. The van der Waals surface area contributed by atoms with Crippen LogP contribution in [0.4, 0.5) is 0 Å². The van der Waals surface area contributed by atoms with Crippen LogP contribution in [0, 0.1) is 0 Å². The van der Waals surface area contributed by atoms with Gasteiger partial charge in [0.05, 0.1) is 6.10 Å². The van der Waals surface area contributed by atoms with E-state index < -0.39 is 0 Å². The Morgan fingerprint density at radius 2 is 2.44 bits per heavy atom. The first kappa shape index (κ1) is 11.7. The van der Waals surface area contributed by atoms with Crippen molar-refractivity contribution in [3.8, 4) is 0 Å². The lowest BCUT2D eigenvalue weighted by molar-refractivity contribution is 0.188. The maximum atomic E-state index is 11.5. The number of nitrogens with zero attached hydrogens (tertiary/aromatic N) is 2. The van der Waals surface area contributed by atoms with Crippen LogP contribution < -0.4 is 5.69 Å². The lowest BCUT2D eigenvalue weighted by Gasteiger charge is -2.13. The fourth-order valence-corrected chi connectivity index (χ4v) is 3.24. The molecule has 0 radical (unpaired) electrons. The molecule has 1 heterocycles. The molecular formula is C10H17N3O2S. The Bertz CT molecular complexity index is 401. The highest BCUT2D eigenvalue weighted by atomic mass is 32.2. The van der Waals surface area contributed by atoms with Gasteiger partial charge in [-0.2, -0.15) is 0 Å². The minimum atomic E-state index is -0.258. The largest absolute Gasteiger partial charge is 0.392 e. The second-order valence-corrected chi connectivity index (χ2v) is 5.32. The Morgan fingerprint density at radius 1 is 1.62 bits per heavy atom. The van der Waals surface area contributed by atoms with Gasteiger partial charge in [-0.3, -0.25) is 4.57 Å². The number of aliphatic hydroxyl groups excluding tert-OH is 1. The first-order valence-corrected chi connectivity index (χ1v) is 6.60. The molecule has 0 unspecified atom stereocenters. The van der Waals surface area contributed by atoms with E-state index in [-0.39, 0.29) is 17.0 Å². The third kappa shape index (κ3) is 2.32. The maximum Gasteiger partial charge on any atom is 0.343 e. The van der Waals surface area contributed by atoms with E-state index in [1.165, 1.54) is 11.8 Å². The van der Waals surface area contributed by atoms with Crippen molar-refractivity contribution in [3.05, 3.63) is 10.5 Å². The van der Waals surface area contributed by atoms with Crippen molar-refractivity contribution in [1.82, 2.24) is 14.8 Å². The molecule has 1 aliphatic carbocycles. The van der Waals surface area contributed by atoms with E-state index in [0.29, 0.717) is 11.7 Å². The Hall–Kier alpha value is -0.750. The number of H-pyrrole nitrogens is 1. The SMILES string of the molecule is CCCn1c(S[C@H]2CCC[C@H]2O)n[nH]c1=O. The van der Waals surface area contributed by atoms with Crippen LogP contribution >= 0.6 is 11.8 Å². The summed E-state index contributed by atoms with van der Waals surface area (Å²) in [4.78, 5) is 11.5. The molecule has 0 aromatic carbocycles. The molecule has 1 saturated carbocycles. The Morgan fingerprint density at radius 3 is 3.06 bits per heavy atom. The summed E-state index contributed by atoms with van der Waals surface area (Å²) in [5.41, 5.74) is -0.156. The maximum absolute atomic E-state index is 11.5. The fraction of sp³-hybridized carbons (Fsp3) is 0.800. The van der Waals surface area contributed by atoms with Crippen LogP contribution in [0.15, 0.2) is 9.95 Å². The number of aliphatic hydroxyl groups is 1. The standard InChI is InChI=1S/C10H17N3O2S/c1-2-6-13-9(15)11-12-10(13)16-8-5-3-4-7(8)14/h7-8,14H,2-6H2,1H3,(H,11,15)/t7-,8+/m1/s1. The predicted octanol–water partition coefficient (Wildman–Crippen LogP) is 0.987. The average molecular weight is 243 g/mol. The number of hydrogen-bond acceptors (Lipinski definition) is 4. The summed E-state index contributed by atoms with van der Waals surface area (Å²) in [6.07, 6.45) is 3.56. The molecule has 6 heteroatoms. The van der Waals surface area contributed by atoms with E-state index in [9.17, 15) is 9.90 Å². The monoisotopic (exact) mass is 243 g/mol. The summed E-state index contributed by atoms with van der Waals surface area (Å²) < 4.78 is 1.65. The lowest BCUT2D eigenvalue weighted by atomic mass is 10.3. The molecule has 2 rings (SSSR count). The molecule has 1 aromatic heterocycles. The molecule has 0 aliphatic heterocycles. The highest BCUT2D eigenvalue weighted by Crippen LogP contribution is 2.33. The number of rotatable bonds is 4. The van der Waals surface area contributed by atoms with Crippen LogP contribution in [0.2, 0.25) is 0 Å². The van der Waals surface area contributed by atoms with Gasteiger partial charge in [0.1, 0.15) is 0 Å². The number of nitrogens with one attached hydrogen (secondary N) is 1. The van der Waals surface area contributed by atoms with Crippen LogP contribution in [0.3, 0.4) is 0 Å². The van der Waals surface area contributed by atoms with E-state index >= 15 is 0 Å². The Kier molecular flexibility index (Phi) is 3.70. The molecule has 16 heavy (non-hydrogen) atoms. The summed E-state index contributed by atoms with van der Waals surface area (Å²) in [5.74, 6) is 0. The zero-order valence-corrected chi connectivity index (χ0v) is 10.2. The normalized spacial score (nSPS) is 25.1. The minimum absolute atomic E-state index is 0.156. The van der Waals surface area contributed by atoms with Crippen molar-refractivity contribution in [2.75, 3.05) is 0 Å². The van der Waals surface area contributed by atoms with Crippen molar-refractivity contribution in [2.45, 2.75) is 55.7 Å². The van der Waals surface area contributed by atoms with Gasteiger partial charge in [0, 0.05) is 11.8 Å². The van der Waals surface area contributed by atoms with E-state index in [2.05, 4.69) is 10.2 Å².